The zero-order chi connectivity index (χ0) is 16.1. The van der Waals surface area contributed by atoms with E-state index in [1.807, 2.05) is 0 Å². The zero-order valence-electron chi connectivity index (χ0n) is 13.8. The second kappa shape index (κ2) is 7.14. The smallest absolute Gasteiger partial charge is 0.314 e. The summed E-state index contributed by atoms with van der Waals surface area (Å²) in [6.07, 6.45) is 4.25. The van der Waals surface area contributed by atoms with Gasteiger partial charge in [-0.1, -0.05) is 47.0 Å². The predicted molar refractivity (Wildman–Crippen MR) is 83.2 cm³/mol. The van der Waals surface area contributed by atoms with Crippen LogP contribution in [0.25, 0.3) is 0 Å². The van der Waals surface area contributed by atoms with Gasteiger partial charge < -0.3 is 15.7 Å². The number of carbonyl (C=O) groups excluding carboxylic acids is 1. The molecule has 0 aromatic carbocycles. The Labute approximate surface area is 127 Å². The second-order valence-corrected chi connectivity index (χ2v) is 7.33. The van der Waals surface area contributed by atoms with Gasteiger partial charge in [-0.15, -0.1) is 0 Å². The van der Waals surface area contributed by atoms with Crippen molar-refractivity contribution < 1.29 is 14.7 Å². The molecule has 0 aromatic rings. The number of carbonyl (C=O) groups is 2. The molecule has 5 heteroatoms. The van der Waals surface area contributed by atoms with Crippen molar-refractivity contribution in [3.05, 3.63) is 0 Å². The minimum Gasteiger partial charge on any atom is -0.481 e. The van der Waals surface area contributed by atoms with Gasteiger partial charge in [-0.2, -0.15) is 0 Å². The van der Waals surface area contributed by atoms with Gasteiger partial charge in [-0.3, -0.25) is 4.79 Å². The first kappa shape index (κ1) is 17.8. The fraction of sp³-hybridized carbons (Fsp3) is 0.875. The molecule has 3 N–H and O–H groups in total. The summed E-state index contributed by atoms with van der Waals surface area (Å²) in [5.41, 5.74) is -0.754. The summed E-state index contributed by atoms with van der Waals surface area (Å²) >= 11 is 0. The number of hydrogen-bond donors (Lipinski definition) is 3. The van der Waals surface area contributed by atoms with E-state index >= 15 is 0 Å². The number of carboxylic acids is 1. The van der Waals surface area contributed by atoms with Crippen LogP contribution < -0.4 is 10.6 Å². The predicted octanol–water partition coefficient (Wildman–Crippen LogP) is 3.00. The molecule has 122 valence electrons. The third-order valence-corrected chi connectivity index (χ3v) is 5.12. The molecule has 0 aromatic heterocycles. The summed E-state index contributed by atoms with van der Waals surface area (Å²) < 4.78 is 0. The van der Waals surface area contributed by atoms with Crippen LogP contribution in [0.2, 0.25) is 0 Å². The Morgan fingerprint density at radius 1 is 1.14 bits per heavy atom. The van der Waals surface area contributed by atoms with E-state index in [0.717, 1.165) is 19.3 Å². The van der Waals surface area contributed by atoms with E-state index in [0.29, 0.717) is 25.3 Å². The summed E-state index contributed by atoms with van der Waals surface area (Å²) in [6.45, 7) is 9.27. The van der Waals surface area contributed by atoms with Crippen molar-refractivity contribution in [3.63, 3.8) is 0 Å². The maximum absolute atomic E-state index is 11.9. The van der Waals surface area contributed by atoms with Gasteiger partial charge in [0.2, 0.25) is 0 Å². The van der Waals surface area contributed by atoms with E-state index in [2.05, 4.69) is 38.3 Å². The highest BCUT2D eigenvalue weighted by atomic mass is 16.4. The van der Waals surface area contributed by atoms with Gasteiger partial charge in [0.15, 0.2) is 0 Å². The van der Waals surface area contributed by atoms with Gasteiger partial charge in [0.1, 0.15) is 0 Å². The van der Waals surface area contributed by atoms with Crippen LogP contribution in [-0.4, -0.2) is 30.2 Å². The summed E-state index contributed by atoms with van der Waals surface area (Å²) in [5, 5.41) is 15.1. The molecule has 5 nitrogen and oxygen atoms in total. The molecule has 0 unspecified atom stereocenters. The van der Waals surface area contributed by atoms with E-state index in [4.69, 9.17) is 0 Å². The zero-order valence-corrected chi connectivity index (χ0v) is 13.8. The summed E-state index contributed by atoms with van der Waals surface area (Å²) in [6, 6.07) is -0.269. The lowest BCUT2D eigenvalue weighted by atomic mass is 9.74. The maximum atomic E-state index is 11.9. The van der Waals surface area contributed by atoms with Crippen molar-refractivity contribution in [2.45, 2.75) is 59.8 Å². The molecule has 1 aliphatic rings. The minimum absolute atomic E-state index is 0.0205. The van der Waals surface area contributed by atoms with E-state index in [-0.39, 0.29) is 18.0 Å². The maximum Gasteiger partial charge on any atom is 0.314 e. The van der Waals surface area contributed by atoms with Crippen LogP contribution in [0.3, 0.4) is 0 Å². The fourth-order valence-electron chi connectivity index (χ4n) is 2.52. The standard InChI is InChI=1S/C16H30N2O3/c1-12(2)15(3,4)10-17-14(21)18-11-16(13(19)20)8-6-5-7-9-16/h12H,5-11H2,1-4H3,(H,19,20)(H2,17,18,21). The molecule has 0 spiro atoms. The summed E-state index contributed by atoms with van der Waals surface area (Å²) in [7, 11) is 0. The Kier molecular flexibility index (Phi) is 6.05. The average molecular weight is 298 g/mol. The van der Waals surface area contributed by atoms with Crippen molar-refractivity contribution >= 4 is 12.0 Å². The number of urea groups is 1. The van der Waals surface area contributed by atoms with Crippen LogP contribution in [0.4, 0.5) is 4.79 Å². The van der Waals surface area contributed by atoms with Gasteiger partial charge in [0.25, 0.3) is 0 Å². The first-order valence-corrected chi connectivity index (χ1v) is 7.95. The topological polar surface area (TPSA) is 78.4 Å². The lowest BCUT2D eigenvalue weighted by Crippen LogP contribution is -2.49. The molecule has 0 atom stereocenters. The largest absolute Gasteiger partial charge is 0.481 e. The molecule has 0 radical (unpaired) electrons. The molecule has 0 bridgehead atoms. The highest BCUT2D eigenvalue weighted by Gasteiger charge is 2.39. The second-order valence-electron chi connectivity index (χ2n) is 7.33. The number of rotatable bonds is 6. The van der Waals surface area contributed by atoms with Crippen molar-refractivity contribution in [1.29, 1.82) is 0 Å². The monoisotopic (exact) mass is 298 g/mol. The SMILES string of the molecule is CC(C)C(C)(C)CNC(=O)NCC1(C(=O)O)CCCCC1. The van der Waals surface area contributed by atoms with Crippen molar-refractivity contribution in [1.82, 2.24) is 10.6 Å². The Morgan fingerprint density at radius 3 is 2.19 bits per heavy atom. The Bertz CT molecular complexity index is 372. The minimum atomic E-state index is -0.787. The Balaban J connectivity index is 2.46. The highest BCUT2D eigenvalue weighted by Crippen LogP contribution is 2.36. The number of carboxylic acid groups (broad SMARTS) is 1. The van der Waals surface area contributed by atoms with E-state index in [9.17, 15) is 14.7 Å². The van der Waals surface area contributed by atoms with E-state index in [1.54, 1.807) is 0 Å². The first-order chi connectivity index (χ1) is 9.69. The molecule has 0 saturated heterocycles. The number of hydrogen-bond acceptors (Lipinski definition) is 2. The lowest BCUT2D eigenvalue weighted by Gasteiger charge is -2.33. The number of amides is 2. The van der Waals surface area contributed by atoms with Crippen LogP contribution in [0.15, 0.2) is 0 Å². The van der Waals surface area contributed by atoms with Gasteiger partial charge >= 0.3 is 12.0 Å². The van der Waals surface area contributed by atoms with Crippen LogP contribution in [0, 0.1) is 16.7 Å². The average Bonchev–Trinajstić information content (AvgIpc) is 2.43. The molecule has 0 heterocycles. The molecule has 21 heavy (non-hydrogen) atoms. The molecule has 1 aliphatic carbocycles. The number of aliphatic carboxylic acids is 1. The molecular weight excluding hydrogens is 268 g/mol. The van der Waals surface area contributed by atoms with Gasteiger partial charge in [0.05, 0.1) is 5.41 Å². The van der Waals surface area contributed by atoms with Crippen LogP contribution in [-0.2, 0) is 4.79 Å². The Morgan fingerprint density at radius 2 is 1.71 bits per heavy atom. The van der Waals surface area contributed by atoms with Crippen LogP contribution >= 0.6 is 0 Å². The molecule has 2 amide bonds. The molecule has 1 rings (SSSR count). The molecule has 1 saturated carbocycles. The van der Waals surface area contributed by atoms with E-state index in [1.165, 1.54) is 0 Å². The van der Waals surface area contributed by atoms with Crippen molar-refractivity contribution in [2.24, 2.45) is 16.7 Å². The third-order valence-electron chi connectivity index (χ3n) is 5.12. The molecule has 1 fully saturated rings. The third kappa shape index (κ3) is 4.90. The van der Waals surface area contributed by atoms with Crippen molar-refractivity contribution in [2.75, 3.05) is 13.1 Å². The Hall–Kier alpha value is -1.26. The summed E-state index contributed by atoms with van der Waals surface area (Å²) in [4.78, 5) is 23.4. The lowest BCUT2D eigenvalue weighted by molar-refractivity contribution is -0.150. The normalized spacial score (nSPS) is 18.3. The van der Waals surface area contributed by atoms with E-state index < -0.39 is 11.4 Å². The number of nitrogens with one attached hydrogen (secondary N) is 2. The van der Waals surface area contributed by atoms with Gasteiger partial charge in [0, 0.05) is 13.1 Å². The molecule has 0 aliphatic heterocycles. The fourth-order valence-corrected chi connectivity index (χ4v) is 2.52. The summed E-state index contributed by atoms with van der Waals surface area (Å²) in [5.74, 6) is -0.327. The van der Waals surface area contributed by atoms with Gasteiger partial charge in [-0.25, -0.2) is 4.79 Å². The van der Waals surface area contributed by atoms with Crippen LogP contribution in [0.1, 0.15) is 59.8 Å². The van der Waals surface area contributed by atoms with Crippen molar-refractivity contribution in [3.8, 4) is 0 Å². The first-order valence-electron chi connectivity index (χ1n) is 7.95. The van der Waals surface area contributed by atoms with Gasteiger partial charge in [-0.05, 0) is 24.2 Å². The quantitative estimate of drug-likeness (QED) is 0.705. The molecular formula is C16H30N2O3. The van der Waals surface area contributed by atoms with Crippen LogP contribution in [0.5, 0.6) is 0 Å². The highest BCUT2D eigenvalue weighted by molar-refractivity contribution is 5.78.